The molecule has 0 aromatic heterocycles. The first-order chi connectivity index (χ1) is 6.40. The minimum absolute atomic E-state index is 0.509. The number of hydrogen-bond acceptors (Lipinski definition) is 2. The summed E-state index contributed by atoms with van der Waals surface area (Å²) in [5.74, 6) is 0. The van der Waals surface area contributed by atoms with Gasteiger partial charge in [-0.25, -0.2) is 0 Å². The minimum atomic E-state index is 0.509. The predicted octanol–water partition coefficient (Wildman–Crippen LogP) is 2.96. The molecule has 0 amide bonds. The molecular formula is C11H14OS. The van der Waals surface area contributed by atoms with Crippen molar-refractivity contribution in [1.82, 2.24) is 0 Å². The number of benzene rings is 1. The monoisotopic (exact) mass is 194 g/mol. The molecule has 1 nitrogen and oxygen atoms in total. The molecule has 0 bridgehead atoms. The second-order valence-corrected chi connectivity index (χ2v) is 4.51. The van der Waals surface area contributed by atoms with Gasteiger partial charge in [-0.05, 0) is 25.5 Å². The zero-order valence-corrected chi connectivity index (χ0v) is 8.59. The van der Waals surface area contributed by atoms with Crippen LogP contribution in [-0.4, -0.2) is 18.0 Å². The third-order valence-electron chi connectivity index (χ3n) is 2.09. The van der Waals surface area contributed by atoms with E-state index >= 15 is 0 Å². The first kappa shape index (κ1) is 9.10. The number of thioether (sulfide) groups is 1. The van der Waals surface area contributed by atoms with Gasteiger partial charge in [-0.1, -0.05) is 18.2 Å². The Bertz CT molecular complexity index is 260. The predicted molar refractivity (Wildman–Crippen MR) is 56.1 cm³/mol. The maximum Gasteiger partial charge on any atom is 0.0709 e. The summed E-state index contributed by atoms with van der Waals surface area (Å²) in [7, 11) is 0. The van der Waals surface area contributed by atoms with Gasteiger partial charge in [0.15, 0.2) is 0 Å². The maximum absolute atomic E-state index is 5.52. The van der Waals surface area contributed by atoms with Gasteiger partial charge in [0.2, 0.25) is 0 Å². The van der Waals surface area contributed by atoms with Crippen LogP contribution >= 0.6 is 11.8 Å². The summed E-state index contributed by atoms with van der Waals surface area (Å²) in [6.45, 7) is 2.90. The second kappa shape index (κ2) is 4.16. The van der Waals surface area contributed by atoms with Crippen LogP contribution < -0.4 is 0 Å². The van der Waals surface area contributed by atoms with Crippen LogP contribution in [-0.2, 0) is 4.74 Å². The van der Waals surface area contributed by atoms with E-state index in [9.17, 15) is 0 Å². The van der Waals surface area contributed by atoms with Crippen LogP contribution in [0.4, 0.5) is 0 Å². The lowest BCUT2D eigenvalue weighted by Gasteiger charge is -2.00. The van der Waals surface area contributed by atoms with Crippen molar-refractivity contribution < 1.29 is 4.74 Å². The molecule has 1 fully saturated rings. The van der Waals surface area contributed by atoms with E-state index in [1.54, 1.807) is 0 Å². The molecule has 2 rings (SSSR count). The van der Waals surface area contributed by atoms with Gasteiger partial charge in [-0.15, -0.1) is 11.8 Å². The molecule has 0 aliphatic heterocycles. The first-order valence-electron chi connectivity index (χ1n) is 4.73. The molecular weight excluding hydrogens is 180 g/mol. The first-order valence-corrected chi connectivity index (χ1v) is 5.61. The van der Waals surface area contributed by atoms with Crippen LogP contribution in [0.25, 0.3) is 0 Å². The molecule has 0 radical (unpaired) electrons. The average molecular weight is 194 g/mol. The topological polar surface area (TPSA) is 9.23 Å². The van der Waals surface area contributed by atoms with Gasteiger partial charge in [-0.3, -0.25) is 0 Å². The lowest BCUT2D eigenvalue weighted by atomic mass is 10.4. The van der Waals surface area contributed by atoms with E-state index in [1.807, 2.05) is 11.8 Å². The molecule has 1 aliphatic carbocycles. The molecule has 1 saturated carbocycles. The van der Waals surface area contributed by atoms with Gasteiger partial charge in [0.05, 0.1) is 6.10 Å². The quantitative estimate of drug-likeness (QED) is 0.728. The Balaban J connectivity index is 1.81. The lowest BCUT2D eigenvalue weighted by Crippen LogP contribution is -1.96. The molecule has 2 heteroatoms. The number of ether oxygens (including phenoxy) is 1. The van der Waals surface area contributed by atoms with E-state index in [1.165, 1.54) is 11.3 Å². The smallest absolute Gasteiger partial charge is 0.0709 e. The van der Waals surface area contributed by atoms with Crippen LogP contribution in [0.15, 0.2) is 35.2 Å². The van der Waals surface area contributed by atoms with E-state index in [4.69, 9.17) is 4.74 Å². The Morgan fingerprint density at radius 3 is 2.85 bits per heavy atom. The van der Waals surface area contributed by atoms with Crippen molar-refractivity contribution in [1.29, 1.82) is 0 Å². The van der Waals surface area contributed by atoms with E-state index in [-0.39, 0.29) is 0 Å². The van der Waals surface area contributed by atoms with E-state index < -0.39 is 0 Å². The molecule has 1 aromatic carbocycles. The normalized spacial score (nSPS) is 25.9. The maximum atomic E-state index is 5.52. The van der Waals surface area contributed by atoms with Crippen LogP contribution in [0.1, 0.15) is 13.3 Å². The van der Waals surface area contributed by atoms with Crippen molar-refractivity contribution in [2.45, 2.75) is 29.6 Å². The molecule has 70 valence electrons. The van der Waals surface area contributed by atoms with Crippen molar-refractivity contribution in [3.63, 3.8) is 0 Å². The summed E-state index contributed by atoms with van der Waals surface area (Å²) in [6.07, 6.45) is 1.73. The highest BCUT2D eigenvalue weighted by Gasteiger charge is 2.38. The van der Waals surface area contributed by atoms with Crippen molar-refractivity contribution >= 4 is 11.8 Å². The van der Waals surface area contributed by atoms with Crippen molar-refractivity contribution in [2.24, 2.45) is 0 Å². The molecule has 2 atom stereocenters. The van der Waals surface area contributed by atoms with E-state index in [0.717, 1.165) is 6.61 Å². The summed E-state index contributed by atoms with van der Waals surface area (Å²) in [5.41, 5.74) is 0. The van der Waals surface area contributed by atoms with Crippen molar-refractivity contribution in [3.05, 3.63) is 30.3 Å². The lowest BCUT2D eigenvalue weighted by molar-refractivity contribution is 0.134. The van der Waals surface area contributed by atoms with Gasteiger partial charge in [-0.2, -0.15) is 0 Å². The van der Waals surface area contributed by atoms with Crippen LogP contribution in [0.2, 0.25) is 0 Å². The molecule has 0 N–H and O–H groups in total. The molecule has 1 aromatic rings. The standard InChI is InChI=1S/C11H14OS/c1-2-12-10-8-11(10)13-9-6-4-3-5-7-9/h3-7,10-11H,2,8H2,1H3. The Hall–Kier alpha value is -0.470. The third-order valence-corrected chi connectivity index (χ3v) is 3.43. The Morgan fingerprint density at radius 2 is 2.15 bits per heavy atom. The molecule has 1 aliphatic rings. The molecule has 2 unspecified atom stereocenters. The Morgan fingerprint density at radius 1 is 1.38 bits per heavy atom. The summed E-state index contributed by atoms with van der Waals surface area (Å²) in [6, 6.07) is 10.5. The number of rotatable bonds is 4. The summed E-state index contributed by atoms with van der Waals surface area (Å²) >= 11 is 1.93. The fourth-order valence-electron chi connectivity index (χ4n) is 1.34. The van der Waals surface area contributed by atoms with Crippen LogP contribution in [0.5, 0.6) is 0 Å². The van der Waals surface area contributed by atoms with E-state index in [0.29, 0.717) is 11.4 Å². The highest BCUT2D eigenvalue weighted by Crippen LogP contribution is 2.41. The number of hydrogen-bond donors (Lipinski definition) is 0. The fourth-order valence-corrected chi connectivity index (χ4v) is 2.52. The average Bonchev–Trinajstić information content (AvgIpc) is 2.86. The summed E-state index contributed by atoms with van der Waals surface area (Å²) < 4.78 is 5.52. The second-order valence-electron chi connectivity index (χ2n) is 3.20. The van der Waals surface area contributed by atoms with Gasteiger partial charge in [0.25, 0.3) is 0 Å². The minimum Gasteiger partial charge on any atom is -0.377 e. The molecule has 13 heavy (non-hydrogen) atoms. The van der Waals surface area contributed by atoms with Crippen molar-refractivity contribution in [3.8, 4) is 0 Å². The summed E-state index contributed by atoms with van der Waals surface area (Å²) in [5, 5.41) is 0.697. The van der Waals surface area contributed by atoms with Gasteiger partial charge in [0, 0.05) is 16.8 Å². The fraction of sp³-hybridized carbons (Fsp3) is 0.455. The SMILES string of the molecule is CCOC1CC1Sc1ccccc1. The third kappa shape index (κ3) is 2.48. The molecule has 0 saturated heterocycles. The summed E-state index contributed by atoms with van der Waals surface area (Å²) in [4.78, 5) is 1.36. The van der Waals surface area contributed by atoms with Crippen LogP contribution in [0.3, 0.4) is 0 Å². The van der Waals surface area contributed by atoms with Gasteiger partial charge < -0.3 is 4.74 Å². The van der Waals surface area contributed by atoms with Crippen LogP contribution in [0, 0.1) is 0 Å². The molecule has 0 heterocycles. The van der Waals surface area contributed by atoms with Crippen molar-refractivity contribution in [2.75, 3.05) is 6.61 Å². The van der Waals surface area contributed by atoms with E-state index in [2.05, 4.69) is 37.3 Å². The Kier molecular flexibility index (Phi) is 2.91. The van der Waals surface area contributed by atoms with Gasteiger partial charge in [0.1, 0.15) is 0 Å². The zero-order chi connectivity index (χ0) is 9.10. The highest BCUT2D eigenvalue weighted by atomic mass is 32.2. The van der Waals surface area contributed by atoms with Gasteiger partial charge >= 0.3 is 0 Å². The largest absolute Gasteiger partial charge is 0.377 e. The zero-order valence-electron chi connectivity index (χ0n) is 7.77. The Labute approximate surface area is 83.5 Å². The highest BCUT2D eigenvalue weighted by molar-refractivity contribution is 8.00. The molecule has 0 spiro atoms.